The summed E-state index contributed by atoms with van der Waals surface area (Å²) < 4.78 is 15.2. The van der Waals surface area contributed by atoms with Crippen LogP contribution in [0, 0.1) is 5.82 Å². The highest BCUT2D eigenvalue weighted by Crippen LogP contribution is 2.20. The van der Waals surface area contributed by atoms with Crippen LogP contribution in [0.4, 0.5) is 10.3 Å². The van der Waals surface area contributed by atoms with E-state index >= 15 is 0 Å². The smallest absolute Gasteiger partial charge is 0.222 e. The van der Waals surface area contributed by atoms with Gasteiger partial charge in [-0.15, -0.1) is 0 Å². The molecule has 3 N–H and O–H groups in total. The molecule has 0 unspecified atom stereocenters. The summed E-state index contributed by atoms with van der Waals surface area (Å²) in [5.41, 5.74) is 6.36. The van der Waals surface area contributed by atoms with Crippen molar-refractivity contribution in [3.05, 3.63) is 24.0 Å². The molecule has 0 fully saturated rings. The van der Waals surface area contributed by atoms with Gasteiger partial charge in [0.15, 0.2) is 5.82 Å². The highest BCUT2D eigenvalue weighted by atomic mass is 19.1. The summed E-state index contributed by atoms with van der Waals surface area (Å²) in [7, 11) is 0. The minimum Gasteiger partial charge on any atom is -0.369 e. The third kappa shape index (κ3) is 3.07. The van der Waals surface area contributed by atoms with Crippen LogP contribution >= 0.6 is 0 Å². The molecule has 0 radical (unpaired) electrons. The average Bonchev–Trinajstić information content (AvgIpc) is 2.62. The largest absolute Gasteiger partial charge is 0.369 e. The van der Waals surface area contributed by atoms with Gasteiger partial charge in [-0.25, -0.2) is 9.37 Å². The van der Waals surface area contributed by atoms with Crippen molar-refractivity contribution in [2.24, 2.45) is 0 Å². The molecule has 2 rings (SSSR count). The number of carbonyl (C=O) groups is 1. The van der Waals surface area contributed by atoms with Gasteiger partial charge in [-0.1, -0.05) is 6.07 Å². The van der Waals surface area contributed by atoms with E-state index in [-0.39, 0.29) is 29.3 Å². The Labute approximate surface area is 117 Å². The maximum Gasteiger partial charge on any atom is 0.222 e. The quantitative estimate of drug-likeness (QED) is 0.902. The maximum absolute atomic E-state index is 13.6. The van der Waals surface area contributed by atoms with Gasteiger partial charge in [0.2, 0.25) is 11.9 Å². The predicted octanol–water partition coefficient (Wildman–Crippen LogP) is 2.06. The van der Waals surface area contributed by atoms with E-state index in [0.717, 1.165) is 0 Å². The molecular weight excluding hydrogens is 259 g/mol. The number of aromatic nitrogens is 2. The lowest BCUT2D eigenvalue weighted by Gasteiger charge is -2.20. The van der Waals surface area contributed by atoms with E-state index in [9.17, 15) is 9.18 Å². The first kappa shape index (κ1) is 14.3. The van der Waals surface area contributed by atoms with Crippen molar-refractivity contribution in [1.29, 1.82) is 0 Å². The van der Waals surface area contributed by atoms with Crippen LogP contribution in [0.5, 0.6) is 0 Å². The van der Waals surface area contributed by atoms with Crippen molar-refractivity contribution in [2.75, 3.05) is 5.73 Å². The number of hydrogen-bond acceptors (Lipinski definition) is 3. The molecule has 6 heteroatoms. The number of nitrogens with two attached hydrogens (primary N) is 1. The molecule has 0 bridgehead atoms. The van der Waals surface area contributed by atoms with Crippen LogP contribution in [0.2, 0.25) is 0 Å². The number of nitrogens with zero attached hydrogens (tertiary/aromatic N) is 2. The second kappa shape index (κ2) is 5.11. The minimum absolute atomic E-state index is 0.0739. The number of benzene rings is 1. The third-order valence-electron chi connectivity index (χ3n) is 2.84. The first-order valence-corrected chi connectivity index (χ1v) is 6.49. The fraction of sp³-hybridized carbons (Fsp3) is 0.429. The van der Waals surface area contributed by atoms with Crippen molar-refractivity contribution in [3.63, 3.8) is 0 Å². The van der Waals surface area contributed by atoms with Crippen molar-refractivity contribution < 1.29 is 9.18 Å². The molecule has 1 aromatic heterocycles. The van der Waals surface area contributed by atoms with Crippen LogP contribution in [-0.2, 0) is 11.3 Å². The molecule has 0 saturated carbocycles. The fourth-order valence-electron chi connectivity index (χ4n) is 2.06. The van der Waals surface area contributed by atoms with Crippen LogP contribution < -0.4 is 11.1 Å². The first-order valence-electron chi connectivity index (χ1n) is 6.49. The van der Waals surface area contributed by atoms with Crippen LogP contribution in [0.1, 0.15) is 27.2 Å². The van der Waals surface area contributed by atoms with Gasteiger partial charge in [0.05, 0.1) is 5.52 Å². The monoisotopic (exact) mass is 278 g/mol. The van der Waals surface area contributed by atoms with E-state index in [1.165, 1.54) is 6.07 Å². The summed E-state index contributed by atoms with van der Waals surface area (Å²) in [5.74, 6) is -0.268. The highest BCUT2D eigenvalue weighted by Gasteiger charge is 2.16. The molecule has 0 saturated heterocycles. The lowest BCUT2D eigenvalue weighted by atomic mass is 10.1. The number of amides is 1. The molecule has 5 nitrogen and oxygen atoms in total. The Bertz CT molecular complexity index is 642. The minimum atomic E-state index is -0.410. The molecule has 2 aromatic rings. The number of anilines is 1. The van der Waals surface area contributed by atoms with Crippen LogP contribution in [0.25, 0.3) is 11.0 Å². The van der Waals surface area contributed by atoms with Crippen LogP contribution in [-0.4, -0.2) is 21.0 Å². The first-order chi connectivity index (χ1) is 9.28. The molecule has 0 aliphatic carbocycles. The third-order valence-corrected chi connectivity index (χ3v) is 2.84. The second-order valence-electron chi connectivity index (χ2n) is 5.78. The summed E-state index contributed by atoms with van der Waals surface area (Å²) in [5, 5.41) is 2.87. The average molecular weight is 278 g/mol. The summed E-state index contributed by atoms with van der Waals surface area (Å²) in [6, 6.07) is 4.68. The molecule has 0 aliphatic rings. The Morgan fingerprint density at radius 1 is 1.45 bits per heavy atom. The van der Waals surface area contributed by atoms with Crippen molar-refractivity contribution in [2.45, 2.75) is 39.3 Å². The normalized spacial score (nSPS) is 11.8. The molecule has 1 amide bonds. The Kier molecular flexibility index (Phi) is 3.65. The Balaban J connectivity index is 2.16. The van der Waals surface area contributed by atoms with Crippen molar-refractivity contribution in [1.82, 2.24) is 14.9 Å². The van der Waals surface area contributed by atoms with Crippen molar-refractivity contribution >= 4 is 22.9 Å². The maximum atomic E-state index is 13.6. The standard InChI is InChI=1S/C14H19FN4O/c1-14(2,3)18-11(20)7-8-19-10-6-4-5-9(15)12(10)17-13(19)16/h4-6H,7-8H2,1-3H3,(H2,16,17)(H,18,20). The number of para-hydroxylation sites is 1. The predicted molar refractivity (Wildman–Crippen MR) is 76.6 cm³/mol. The molecule has 0 spiro atoms. The van der Waals surface area contributed by atoms with E-state index in [1.807, 2.05) is 20.8 Å². The zero-order valence-electron chi connectivity index (χ0n) is 11.9. The number of aryl methyl sites for hydroxylation is 1. The highest BCUT2D eigenvalue weighted by molar-refractivity contribution is 5.80. The zero-order chi connectivity index (χ0) is 14.9. The molecule has 0 atom stereocenters. The number of carbonyl (C=O) groups excluding carboxylic acids is 1. The van der Waals surface area contributed by atoms with E-state index < -0.39 is 5.82 Å². The lowest BCUT2D eigenvalue weighted by Crippen LogP contribution is -2.40. The summed E-state index contributed by atoms with van der Waals surface area (Å²) >= 11 is 0. The summed E-state index contributed by atoms with van der Waals surface area (Å²) in [4.78, 5) is 15.8. The Morgan fingerprint density at radius 3 is 2.80 bits per heavy atom. The van der Waals surface area contributed by atoms with Gasteiger partial charge in [0.1, 0.15) is 5.52 Å². The Morgan fingerprint density at radius 2 is 2.15 bits per heavy atom. The lowest BCUT2D eigenvalue weighted by molar-refractivity contribution is -0.122. The van der Waals surface area contributed by atoms with Crippen LogP contribution in [0.3, 0.4) is 0 Å². The number of nitrogen functional groups attached to an aromatic ring is 1. The number of rotatable bonds is 3. The SMILES string of the molecule is CC(C)(C)NC(=O)CCn1c(N)nc2c(F)cccc21. The molecule has 20 heavy (non-hydrogen) atoms. The van der Waals surface area contributed by atoms with Gasteiger partial charge in [-0.2, -0.15) is 0 Å². The van der Waals surface area contributed by atoms with Gasteiger partial charge < -0.3 is 15.6 Å². The molecular formula is C14H19FN4O. The summed E-state index contributed by atoms with van der Waals surface area (Å²) in [6.07, 6.45) is 0.267. The van der Waals surface area contributed by atoms with E-state index in [0.29, 0.717) is 12.1 Å². The van der Waals surface area contributed by atoms with Gasteiger partial charge in [0, 0.05) is 18.5 Å². The number of imidazole rings is 1. The van der Waals surface area contributed by atoms with E-state index in [1.54, 1.807) is 16.7 Å². The molecule has 1 heterocycles. The van der Waals surface area contributed by atoms with Crippen molar-refractivity contribution in [3.8, 4) is 0 Å². The van der Waals surface area contributed by atoms with E-state index in [4.69, 9.17) is 5.73 Å². The van der Waals surface area contributed by atoms with Gasteiger partial charge in [-0.05, 0) is 32.9 Å². The molecule has 0 aliphatic heterocycles. The molecule has 108 valence electrons. The van der Waals surface area contributed by atoms with Gasteiger partial charge in [-0.3, -0.25) is 4.79 Å². The number of halogens is 1. The summed E-state index contributed by atoms with van der Waals surface area (Å²) in [6.45, 7) is 6.12. The van der Waals surface area contributed by atoms with Crippen LogP contribution in [0.15, 0.2) is 18.2 Å². The number of nitrogens with one attached hydrogen (secondary N) is 1. The number of hydrogen-bond donors (Lipinski definition) is 2. The Hall–Kier alpha value is -2.11. The van der Waals surface area contributed by atoms with E-state index in [2.05, 4.69) is 10.3 Å². The molecule has 1 aromatic carbocycles. The zero-order valence-corrected chi connectivity index (χ0v) is 11.9. The fourth-order valence-corrected chi connectivity index (χ4v) is 2.06. The second-order valence-corrected chi connectivity index (χ2v) is 5.78. The van der Waals surface area contributed by atoms with Gasteiger partial charge in [0.25, 0.3) is 0 Å². The topological polar surface area (TPSA) is 72.9 Å². The van der Waals surface area contributed by atoms with Gasteiger partial charge >= 0.3 is 0 Å². The number of fused-ring (bicyclic) bond motifs is 1.